The number of rotatable bonds is 7. The number of benzene rings is 2. The lowest BCUT2D eigenvalue weighted by Gasteiger charge is -2.15. The Morgan fingerprint density at radius 1 is 1.29 bits per heavy atom. The van der Waals surface area contributed by atoms with Gasteiger partial charge in [-0.1, -0.05) is 30.7 Å². The molecular weight excluding hydrogens is 343 g/mol. The number of carbonyl (C=O) groups excluding carboxylic acids is 1. The van der Waals surface area contributed by atoms with Gasteiger partial charge in [0.1, 0.15) is 11.5 Å². The molecule has 5 heteroatoms. The third-order valence-electron chi connectivity index (χ3n) is 3.78. The zero-order chi connectivity index (χ0) is 17.7. The highest BCUT2D eigenvalue weighted by molar-refractivity contribution is 7.66. The molecule has 0 aliphatic heterocycles. The van der Waals surface area contributed by atoms with Crippen LogP contribution in [-0.2, 0) is 0 Å². The lowest BCUT2D eigenvalue weighted by atomic mass is 10.2. The number of halogens is 1. The molecule has 0 saturated carbocycles. The zero-order valence-electron chi connectivity index (χ0n) is 14.4. The fourth-order valence-electron chi connectivity index (χ4n) is 2.24. The van der Waals surface area contributed by atoms with Gasteiger partial charge in [0.25, 0.3) is 0 Å². The molecule has 2 unspecified atom stereocenters. The Morgan fingerprint density at radius 2 is 2.04 bits per heavy atom. The summed E-state index contributed by atoms with van der Waals surface area (Å²) in [5.74, 6) is 1.34. The monoisotopic (exact) mass is 364 g/mol. The van der Waals surface area contributed by atoms with E-state index < -0.39 is 0 Å². The van der Waals surface area contributed by atoms with Gasteiger partial charge in [-0.15, -0.1) is 0 Å². The molecular formula is C19H22ClO3P. The van der Waals surface area contributed by atoms with Gasteiger partial charge in [-0.2, -0.15) is 0 Å². The number of hydrogen-bond donors (Lipinski definition) is 0. The van der Waals surface area contributed by atoms with E-state index in [9.17, 15) is 4.79 Å². The largest absolute Gasteiger partial charge is 0.496 e. The van der Waals surface area contributed by atoms with Crippen LogP contribution in [0.5, 0.6) is 11.5 Å². The van der Waals surface area contributed by atoms with Crippen LogP contribution in [0, 0.1) is 6.92 Å². The predicted octanol–water partition coefficient (Wildman–Crippen LogP) is 4.98. The summed E-state index contributed by atoms with van der Waals surface area (Å²) in [6, 6.07) is 11.1. The van der Waals surface area contributed by atoms with Crippen molar-refractivity contribution >= 4 is 31.0 Å². The van der Waals surface area contributed by atoms with Crippen molar-refractivity contribution < 1.29 is 14.3 Å². The van der Waals surface area contributed by atoms with E-state index in [1.807, 2.05) is 32.0 Å². The average molecular weight is 365 g/mol. The molecule has 128 valence electrons. The van der Waals surface area contributed by atoms with Crippen LogP contribution in [0.4, 0.5) is 0 Å². The number of carbonyl (C=O) groups is 1. The lowest BCUT2D eigenvalue weighted by Crippen LogP contribution is -2.11. The lowest BCUT2D eigenvalue weighted by molar-refractivity contribution is 0.108. The first-order chi connectivity index (χ1) is 11.5. The maximum atomic E-state index is 12.7. The zero-order valence-corrected chi connectivity index (χ0v) is 16.1. The topological polar surface area (TPSA) is 35.5 Å². The molecule has 0 aliphatic carbocycles. The predicted molar refractivity (Wildman–Crippen MR) is 102 cm³/mol. The van der Waals surface area contributed by atoms with Crippen LogP contribution in [0.3, 0.4) is 0 Å². The van der Waals surface area contributed by atoms with Gasteiger partial charge in [0, 0.05) is 0 Å². The van der Waals surface area contributed by atoms with Crippen molar-refractivity contribution in [1.29, 1.82) is 0 Å². The molecule has 0 aromatic heterocycles. The molecule has 2 rings (SSSR count). The first-order valence-corrected chi connectivity index (χ1v) is 9.25. The van der Waals surface area contributed by atoms with Crippen molar-refractivity contribution in [3.63, 3.8) is 0 Å². The third kappa shape index (κ3) is 4.49. The minimum atomic E-state index is -0.0313. The van der Waals surface area contributed by atoms with E-state index in [-0.39, 0.29) is 20.2 Å². The van der Waals surface area contributed by atoms with Crippen molar-refractivity contribution in [3.05, 3.63) is 52.5 Å². The van der Waals surface area contributed by atoms with E-state index in [0.717, 1.165) is 23.0 Å². The standard InChI is InChI=1S/C19H22ClO3P/c1-5-13(3)23-14-9-10-17(12(2)11-14)24-19(21)18-15(20)7-6-8-16(18)22-4/h6-11,13,24H,5H2,1-4H3. The van der Waals surface area contributed by atoms with Gasteiger partial charge in [-0.3, -0.25) is 4.79 Å². The summed E-state index contributed by atoms with van der Waals surface area (Å²) in [5.41, 5.74) is 1.45. The van der Waals surface area contributed by atoms with E-state index in [1.54, 1.807) is 18.2 Å². The van der Waals surface area contributed by atoms with E-state index in [0.29, 0.717) is 16.3 Å². The highest BCUT2D eigenvalue weighted by Crippen LogP contribution is 2.33. The number of hydrogen-bond acceptors (Lipinski definition) is 3. The third-order valence-corrected chi connectivity index (χ3v) is 5.40. The Labute approximate surface area is 150 Å². The van der Waals surface area contributed by atoms with Gasteiger partial charge in [0.05, 0.1) is 23.8 Å². The molecule has 0 radical (unpaired) electrons. The summed E-state index contributed by atoms with van der Waals surface area (Å²) in [4.78, 5) is 12.7. The second-order valence-corrected chi connectivity index (χ2v) is 7.23. The van der Waals surface area contributed by atoms with Crippen LogP contribution in [0.2, 0.25) is 5.02 Å². The Morgan fingerprint density at radius 3 is 2.67 bits per heavy atom. The summed E-state index contributed by atoms with van der Waals surface area (Å²) in [6.07, 6.45) is 1.12. The van der Waals surface area contributed by atoms with Crippen molar-refractivity contribution in [2.75, 3.05) is 7.11 Å². The van der Waals surface area contributed by atoms with Crippen LogP contribution >= 0.6 is 20.2 Å². The molecule has 0 bridgehead atoms. The van der Waals surface area contributed by atoms with E-state index in [4.69, 9.17) is 21.1 Å². The second-order valence-electron chi connectivity index (χ2n) is 5.58. The highest BCUT2D eigenvalue weighted by atomic mass is 35.5. The molecule has 2 atom stereocenters. The summed E-state index contributed by atoms with van der Waals surface area (Å²) >= 11 is 6.19. The summed E-state index contributed by atoms with van der Waals surface area (Å²) in [6.45, 7) is 6.12. The SMILES string of the molecule is CCC(C)Oc1ccc(PC(=O)c2c(Cl)cccc2OC)c(C)c1. The molecule has 0 fully saturated rings. The van der Waals surface area contributed by atoms with Crippen LogP contribution < -0.4 is 14.8 Å². The fourth-order valence-corrected chi connectivity index (χ4v) is 3.64. The number of methoxy groups -OCH3 is 1. The van der Waals surface area contributed by atoms with Crippen molar-refractivity contribution in [1.82, 2.24) is 0 Å². The first kappa shape index (κ1) is 18.8. The summed E-state index contributed by atoms with van der Waals surface area (Å²) < 4.78 is 11.1. The first-order valence-electron chi connectivity index (χ1n) is 7.87. The molecule has 2 aromatic carbocycles. The van der Waals surface area contributed by atoms with E-state index >= 15 is 0 Å². The molecule has 0 amide bonds. The van der Waals surface area contributed by atoms with Gasteiger partial charge < -0.3 is 9.47 Å². The molecule has 0 aliphatic rings. The van der Waals surface area contributed by atoms with Gasteiger partial charge in [0.2, 0.25) is 0 Å². The minimum absolute atomic E-state index is 0.0160. The molecule has 0 spiro atoms. The fraction of sp³-hybridized carbons (Fsp3) is 0.316. The minimum Gasteiger partial charge on any atom is -0.496 e. The quantitative estimate of drug-likeness (QED) is 0.650. The Hall–Kier alpha value is -1.57. The Kier molecular flexibility index (Phi) is 6.65. The van der Waals surface area contributed by atoms with Crippen LogP contribution in [-0.4, -0.2) is 18.7 Å². The summed E-state index contributed by atoms with van der Waals surface area (Å²) in [5, 5.41) is 1.40. The van der Waals surface area contributed by atoms with Gasteiger partial charge in [-0.25, -0.2) is 0 Å². The molecule has 24 heavy (non-hydrogen) atoms. The van der Waals surface area contributed by atoms with E-state index in [2.05, 4.69) is 6.92 Å². The Balaban J connectivity index is 2.21. The molecule has 2 aromatic rings. The van der Waals surface area contributed by atoms with Gasteiger partial charge >= 0.3 is 0 Å². The summed E-state index contributed by atoms with van der Waals surface area (Å²) in [7, 11) is 1.52. The number of ether oxygens (including phenoxy) is 2. The average Bonchev–Trinajstić information content (AvgIpc) is 2.56. The van der Waals surface area contributed by atoms with Crippen LogP contribution in [0.15, 0.2) is 36.4 Å². The van der Waals surface area contributed by atoms with Crippen molar-refractivity contribution in [2.45, 2.75) is 33.3 Å². The maximum absolute atomic E-state index is 12.7. The van der Waals surface area contributed by atoms with Crippen molar-refractivity contribution in [2.24, 2.45) is 0 Å². The molecule has 3 nitrogen and oxygen atoms in total. The second kappa shape index (κ2) is 8.50. The maximum Gasteiger partial charge on any atom is 0.190 e. The number of aryl methyl sites for hydroxylation is 1. The molecule has 0 heterocycles. The van der Waals surface area contributed by atoms with Crippen LogP contribution in [0.1, 0.15) is 36.2 Å². The van der Waals surface area contributed by atoms with E-state index in [1.165, 1.54) is 7.11 Å². The van der Waals surface area contributed by atoms with Crippen molar-refractivity contribution in [3.8, 4) is 11.5 Å². The van der Waals surface area contributed by atoms with Gasteiger partial charge in [-0.05, 0) is 64.0 Å². The highest BCUT2D eigenvalue weighted by Gasteiger charge is 2.17. The normalized spacial score (nSPS) is 12.4. The molecule has 0 N–H and O–H groups in total. The smallest absolute Gasteiger partial charge is 0.190 e. The molecule has 0 saturated heterocycles. The van der Waals surface area contributed by atoms with Gasteiger partial charge in [0.15, 0.2) is 5.52 Å². The van der Waals surface area contributed by atoms with Crippen LogP contribution in [0.25, 0.3) is 0 Å². The Bertz CT molecular complexity index is 731.